The Labute approximate surface area is 118 Å². The van der Waals surface area contributed by atoms with E-state index in [1.54, 1.807) is 6.92 Å². The van der Waals surface area contributed by atoms with Crippen LogP contribution in [0.2, 0.25) is 0 Å². The molecule has 0 spiro atoms. The molecule has 0 bridgehead atoms. The first kappa shape index (κ1) is 15.0. The molecule has 0 aliphatic carbocycles. The van der Waals surface area contributed by atoms with Crippen LogP contribution in [0.15, 0.2) is 12.1 Å². The van der Waals surface area contributed by atoms with Gasteiger partial charge in [-0.1, -0.05) is 6.92 Å². The van der Waals surface area contributed by atoms with Crippen molar-refractivity contribution in [2.45, 2.75) is 13.3 Å². The lowest BCUT2D eigenvalue weighted by Gasteiger charge is -2.30. The van der Waals surface area contributed by atoms with E-state index in [-0.39, 0.29) is 25.3 Å². The van der Waals surface area contributed by atoms with E-state index in [9.17, 15) is 28.5 Å². The van der Waals surface area contributed by atoms with E-state index in [2.05, 4.69) is 0 Å². The quantitative estimate of drug-likeness (QED) is 0.617. The second-order valence-corrected chi connectivity index (χ2v) is 4.88. The van der Waals surface area contributed by atoms with Crippen LogP contribution in [0.4, 0.5) is 14.5 Å². The van der Waals surface area contributed by atoms with Gasteiger partial charge < -0.3 is 4.90 Å². The fraction of sp³-hybridized carbons (Fsp3) is 0.385. The highest BCUT2D eigenvalue weighted by Crippen LogP contribution is 2.25. The average Bonchev–Trinajstić information content (AvgIpc) is 2.41. The summed E-state index contributed by atoms with van der Waals surface area (Å²) in [5.41, 5.74) is -1.91. The maximum atomic E-state index is 14.0. The number of nitro groups is 1. The standard InChI is InChI=1S/C13H12F2N2O4/c1-7-6-16(5-4-10(7)18)13(19)11-8(14)2-3-9(12(11)15)17(20)21/h2-3,7H,4-6H2,1H3. The van der Waals surface area contributed by atoms with Gasteiger partial charge in [-0.05, 0) is 6.07 Å². The number of carbonyl (C=O) groups is 2. The monoisotopic (exact) mass is 298 g/mol. The number of halogens is 2. The first-order chi connectivity index (χ1) is 9.82. The predicted molar refractivity (Wildman–Crippen MR) is 67.7 cm³/mol. The number of likely N-dealkylation sites (tertiary alicyclic amines) is 1. The van der Waals surface area contributed by atoms with Crippen molar-refractivity contribution in [2.24, 2.45) is 5.92 Å². The largest absolute Gasteiger partial charge is 0.337 e. The molecular formula is C13H12F2N2O4. The number of amides is 1. The molecule has 2 rings (SSSR count). The van der Waals surface area contributed by atoms with E-state index in [1.807, 2.05) is 0 Å². The van der Waals surface area contributed by atoms with E-state index in [1.165, 1.54) is 0 Å². The van der Waals surface area contributed by atoms with Gasteiger partial charge in [-0.15, -0.1) is 0 Å². The molecule has 1 aliphatic heterocycles. The molecule has 1 heterocycles. The molecule has 8 heteroatoms. The van der Waals surface area contributed by atoms with E-state index in [4.69, 9.17) is 0 Å². The first-order valence-corrected chi connectivity index (χ1v) is 6.27. The number of hydrogen-bond acceptors (Lipinski definition) is 4. The number of hydrogen-bond donors (Lipinski definition) is 0. The molecule has 1 aromatic rings. The number of nitro benzene ring substituents is 1. The fourth-order valence-corrected chi connectivity index (χ4v) is 2.24. The van der Waals surface area contributed by atoms with Crippen LogP contribution in [0, 0.1) is 27.7 Å². The molecule has 0 aromatic heterocycles. The minimum atomic E-state index is -1.49. The maximum absolute atomic E-state index is 14.0. The summed E-state index contributed by atoms with van der Waals surface area (Å²) in [6, 6.07) is 1.36. The van der Waals surface area contributed by atoms with Crippen molar-refractivity contribution in [3.63, 3.8) is 0 Å². The molecule has 1 aliphatic rings. The Morgan fingerprint density at radius 1 is 1.43 bits per heavy atom. The molecule has 21 heavy (non-hydrogen) atoms. The highest BCUT2D eigenvalue weighted by Gasteiger charge is 2.33. The third kappa shape index (κ3) is 2.74. The second-order valence-electron chi connectivity index (χ2n) is 4.88. The van der Waals surface area contributed by atoms with Crippen LogP contribution in [0.3, 0.4) is 0 Å². The normalized spacial score (nSPS) is 18.7. The molecule has 0 radical (unpaired) electrons. The SMILES string of the molecule is CC1CN(C(=O)c2c(F)ccc([N+](=O)[O-])c2F)CCC1=O. The smallest absolute Gasteiger partial charge is 0.305 e. The average molecular weight is 298 g/mol. The van der Waals surface area contributed by atoms with Crippen LogP contribution in [-0.4, -0.2) is 34.6 Å². The predicted octanol–water partition coefficient (Wildman–Crippen LogP) is 1.92. The maximum Gasteiger partial charge on any atom is 0.305 e. The third-order valence-electron chi connectivity index (χ3n) is 3.44. The summed E-state index contributed by atoms with van der Waals surface area (Å²) in [5.74, 6) is -4.08. The third-order valence-corrected chi connectivity index (χ3v) is 3.44. The first-order valence-electron chi connectivity index (χ1n) is 6.27. The molecule has 1 fully saturated rings. The van der Waals surface area contributed by atoms with Gasteiger partial charge >= 0.3 is 5.69 Å². The molecule has 112 valence electrons. The van der Waals surface area contributed by atoms with E-state index in [0.717, 1.165) is 4.90 Å². The Morgan fingerprint density at radius 3 is 2.67 bits per heavy atom. The van der Waals surface area contributed by atoms with E-state index in [0.29, 0.717) is 12.1 Å². The van der Waals surface area contributed by atoms with Gasteiger partial charge in [0.15, 0.2) is 0 Å². The van der Waals surface area contributed by atoms with Crippen LogP contribution in [-0.2, 0) is 4.79 Å². The number of nitrogens with zero attached hydrogens (tertiary/aromatic N) is 2. The lowest BCUT2D eigenvalue weighted by atomic mass is 9.97. The summed E-state index contributed by atoms with van der Waals surface area (Å²) in [4.78, 5) is 34.4. The highest BCUT2D eigenvalue weighted by atomic mass is 19.1. The minimum Gasteiger partial charge on any atom is -0.337 e. The molecular weight excluding hydrogens is 286 g/mol. The lowest BCUT2D eigenvalue weighted by Crippen LogP contribution is -2.43. The summed E-state index contributed by atoms with van der Waals surface area (Å²) in [6.07, 6.45) is 0.102. The lowest BCUT2D eigenvalue weighted by molar-refractivity contribution is -0.387. The van der Waals surface area contributed by atoms with Crippen LogP contribution >= 0.6 is 0 Å². The van der Waals surface area contributed by atoms with Crippen molar-refractivity contribution in [1.29, 1.82) is 0 Å². The minimum absolute atomic E-state index is 0.0287. The van der Waals surface area contributed by atoms with Gasteiger partial charge in [-0.3, -0.25) is 19.7 Å². The van der Waals surface area contributed by atoms with Crippen LogP contribution in [0.25, 0.3) is 0 Å². The molecule has 1 atom stereocenters. The summed E-state index contributed by atoms with van der Waals surface area (Å²) < 4.78 is 27.7. The van der Waals surface area contributed by atoms with Gasteiger partial charge in [0.1, 0.15) is 17.2 Å². The Hall–Kier alpha value is -2.38. The van der Waals surface area contributed by atoms with Crippen molar-refractivity contribution < 1.29 is 23.3 Å². The highest BCUT2D eigenvalue weighted by molar-refractivity contribution is 5.96. The molecule has 1 aromatic carbocycles. The Morgan fingerprint density at radius 2 is 2.10 bits per heavy atom. The molecule has 1 unspecified atom stereocenters. The van der Waals surface area contributed by atoms with Gasteiger partial charge in [-0.2, -0.15) is 4.39 Å². The Balaban J connectivity index is 2.37. The molecule has 1 amide bonds. The zero-order valence-electron chi connectivity index (χ0n) is 11.1. The number of benzene rings is 1. The van der Waals surface area contributed by atoms with Crippen LogP contribution in [0.1, 0.15) is 23.7 Å². The van der Waals surface area contributed by atoms with Crippen molar-refractivity contribution >= 4 is 17.4 Å². The molecule has 0 saturated carbocycles. The van der Waals surface area contributed by atoms with Gasteiger partial charge in [-0.25, -0.2) is 4.39 Å². The van der Waals surface area contributed by atoms with Gasteiger partial charge in [0.2, 0.25) is 5.82 Å². The van der Waals surface area contributed by atoms with Gasteiger partial charge in [0.25, 0.3) is 5.91 Å². The van der Waals surface area contributed by atoms with Crippen LogP contribution in [0.5, 0.6) is 0 Å². The number of piperidine rings is 1. The fourth-order valence-electron chi connectivity index (χ4n) is 2.24. The van der Waals surface area contributed by atoms with Crippen molar-refractivity contribution in [1.82, 2.24) is 4.90 Å². The van der Waals surface area contributed by atoms with Gasteiger partial charge in [0, 0.05) is 31.5 Å². The number of carbonyl (C=O) groups excluding carboxylic acids is 2. The van der Waals surface area contributed by atoms with Crippen LogP contribution < -0.4 is 0 Å². The number of Topliss-reactive ketones (excluding diaryl/α,β-unsaturated/α-hetero) is 1. The van der Waals surface area contributed by atoms with Crippen molar-refractivity contribution in [2.75, 3.05) is 13.1 Å². The second kappa shape index (κ2) is 5.55. The zero-order valence-corrected chi connectivity index (χ0v) is 11.1. The Bertz CT molecular complexity index is 633. The van der Waals surface area contributed by atoms with Crippen molar-refractivity contribution in [3.05, 3.63) is 39.4 Å². The summed E-state index contributed by atoms with van der Waals surface area (Å²) >= 11 is 0. The number of rotatable bonds is 2. The summed E-state index contributed by atoms with van der Waals surface area (Å²) in [7, 11) is 0. The summed E-state index contributed by atoms with van der Waals surface area (Å²) in [6.45, 7) is 1.70. The van der Waals surface area contributed by atoms with E-state index < -0.39 is 39.6 Å². The molecule has 0 N–H and O–H groups in total. The zero-order chi connectivity index (χ0) is 15.7. The van der Waals surface area contributed by atoms with Crippen molar-refractivity contribution in [3.8, 4) is 0 Å². The Kier molecular flexibility index (Phi) is 3.97. The number of ketones is 1. The van der Waals surface area contributed by atoms with Gasteiger partial charge in [0.05, 0.1) is 4.92 Å². The summed E-state index contributed by atoms with van der Waals surface area (Å²) in [5, 5.41) is 10.7. The molecule has 1 saturated heterocycles. The topological polar surface area (TPSA) is 80.5 Å². The molecule has 6 nitrogen and oxygen atoms in total. The van der Waals surface area contributed by atoms with E-state index >= 15 is 0 Å².